The largest absolute Gasteiger partial charge is 0.497 e. The first-order valence-corrected chi connectivity index (χ1v) is 14.7. The van der Waals surface area contributed by atoms with Crippen molar-refractivity contribution in [3.63, 3.8) is 0 Å². The number of methoxy groups -OCH3 is 1. The summed E-state index contributed by atoms with van der Waals surface area (Å²) in [6.45, 7) is 2.97. The first kappa shape index (κ1) is 30.6. The maximum absolute atomic E-state index is 13.1. The second kappa shape index (κ2) is 13.6. The van der Waals surface area contributed by atoms with Crippen LogP contribution >= 0.6 is 0 Å². The van der Waals surface area contributed by atoms with Gasteiger partial charge in [0.1, 0.15) is 36.7 Å². The Bertz CT molecular complexity index is 1520. The second-order valence-electron chi connectivity index (χ2n) is 11.0. The molecule has 3 aromatic carbocycles. The second-order valence-corrected chi connectivity index (χ2v) is 11.0. The Kier molecular flexibility index (Phi) is 9.48. The summed E-state index contributed by atoms with van der Waals surface area (Å²) in [7, 11) is 1.65. The summed E-state index contributed by atoms with van der Waals surface area (Å²) < 4.78 is 22.2. The minimum absolute atomic E-state index is 0.130. The molecular formula is C36H36O8. The minimum atomic E-state index is -1.03. The Balaban J connectivity index is 1.35. The average Bonchev–Trinajstić information content (AvgIpc) is 3.45. The molecule has 0 saturated carbocycles. The fourth-order valence-electron chi connectivity index (χ4n) is 6.14. The van der Waals surface area contributed by atoms with Crippen molar-refractivity contribution in [1.29, 1.82) is 0 Å². The van der Waals surface area contributed by atoms with Gasteiger partial charge < -0.3 is 24.1 Å². The summed E-state index contributed by atoms with van der Waals surface area (Å²) >= 11 is 0. The number of aliphatic carboxylic acids is 1. The molecule has 0 amide bonds. The molecule has 3 aromatic rings. The van der Waals surface area contributed by atoms with Crippen LogP contribution in [0.15, 0.2) is 97.6 Å². The number of rotatable bonds is 12. The first-order chi connectivity index (χ1) is 21.3. The number of carbonyl (C=O) groups excluding carboxylic acids is 2. The molecule has 8 heteroatoms. The van der Waals surface area contributed by atoms with Crippen molar-refractivity contribution in [3.05, 3.63) is 120 Å². The van der Waals surface area contributed by atoms with Gasteiger partial charge >= 0.3 is 17.9 Å². The van der Waals surface area contributed by atoms with Crippen LogP contribution in [0, 0.1) is 11.8 Å². The molecule has 0 aromatic heterocycles. The molecule has 2 aliphatic rings. The molecule has 5 rings (SSSR count). The summed E-state index contributed by atoms with van der Waals surface area (Å²) in [4.78, 5) is 36.6. The lowest BCUT2D eigenvalue weighted by Crippen LogP contribution is -2.38. The minimum Gasteiger partial charge on any atom is -0.497 e. The first-order valence-electron chi connectivity index (χ1n) is 14.7. The number of allylic oxidation sites excluding steroid dienone is 1. The highest BCUT2D eigenvalue weighted by molar-refractivity contribution is 5.82. The third-order valence-corrected chi connectivity index (χ3v) is 8.51. The number of carboxylic acids is 1. The highest BCUT2D eigenvalue weighted by Crippen LogP contribution is 2.49. The van der Waals surface area contributed by atoms with Crippen molar-refractivity contribution >= 4 is 17.9 Å². The van der Waals surface area contributed by atoms with Crippen LogP contribution in [0.4, 0.5) is 0 Å². The van der Waals surface area contributed by atoms with Gasteiger partial charge in [-0.25, -0.2) is 4.79 Å². The maximum Gasteiger partial charge on any atom is 0.330 e. The van der Waals surface area contributed by atoms with Crippen LogP contribution in [0.5, 0.6) is 11.5 Å². The van der Waals surface area contributed by atoms with E-state index < -0.39 is 35.8 Å². The molecule has 4 atom stereocenters. The van der Waals surface area contributed by atoms with Gasteiger partial charge in [-0.1, -0.05) is 67.3 Å². The van der Waals surface area contributed by atoms with Gasteiger partial charge in [-0.3, -0.25) is 9.59 Å². The van der Waals surface area contributed by atoms with E-state index >= 15 is 0 Å². The van der Waals surface area contributed by atoms with E-state index in [0.717, 1.165) is 30.2 Å². The number of aryl methyl sites for hydroxylation is 1. The van der Waals surface area contributed by atoms with Crippen LogP contribution in [0.2, 0.25) is 0 Å². The van der Waals surface area contributed by atoms with Gasteiger partial charge in [0, 0.05) is 17.9 Å². The molecular weight excluding hydrogens is 560 g/mol. The zero-order chi connectivity index (χ0) is 31.1. The van der Waals surface area contributed by atoms with Gasteiger partial charge in [-0.05, 0) is 65.8 Å². The summed E-state index contributed by atoms with van der Waals surface area (Å²) in [5.41, 5.74) is 4.52. The molecule has 0 fully saturated rings. The van der Waals surface area contributed by atoms with Crippen molar-refractivity contribution < 1.29 is 38.4 Å². The van der Waals surface area contributed by atoms with Gasteiger partial charge in [-0.15, -0.1) is 0 Å². The van der Waals surface area contributed by atoms with Crippen LogP contribution < -0.4 is 9.47 Å². The van der Waals surface area contributed by atoms with Crippen molar-refractivity contribution in [3.8, 4) is 11.5 Å². The van der Waals surface area contributed by atoms with Crippen LogP contribution in [-0.2, 0) is 35.7 Å². The van der Waals surface area contributed by atoms with E-state index in [2.05, 4.69) is 43.0 Å². The molecule has 8 nitrogen and oxygen atoms in total. The fraction of sp³-hybridized carbons (Fsp3) is 0.306. The summed E-state index contributed by atoms with van der Waals surface area (Å²) in [6, 6.07) is 24.5. The molecule has 0 aliphatic heterocycles. The molecule has 0 heterocycles. The normalized spacial score (nSPS) is 21.0. The van der Waals surface area contributed by atoms with Crippen molar-refractivity contribution in [2.24, 2.45) is 11.8 Å². The van der Waals surface area contributed by atoms with Crippen molar-refractivity contribution in [2.75, 3.05) is 20.3 Å². The van der Waals surface area contributed by atoms with Crippen molar-refractivity contribution in [1.82, 2.24) is 0 Å². The number of fused-ring (bicyclic) bond motifs is 1. The highest BCUT2D eigenvalue weighted by Gasteiger charge is 2.41. The van der Waals surface area contributed by atoms with Crippen LogP contribution in [-0.4, -0.2) is 49.4 Å². The van der Waals surface area contributed by atoms with E-state index in [9.17, 15) is 19.5 Å². The molecule has 0 bridgehead atoms. The lowest BCUT2D eigenvalue weighted by Gasteiger charge is -2.32. The van der Waals surface area contributed by atoms with Gasteiger partial charge in [0.25, 0.3) is 0 Å². The van der Waals surface area contributed by atoms with E-state index in [1.54, 1.807) is 19.3 Å². The van der Waals surface area contributed by atoms with Crippen molar-refractivity contribution in [2.45, 2.75) is 37.2 Å². The Labute approximate surface area is 256 Å². The molecule has 4 unspecified atom stereocenters. The maximum atomic E-state index is 13.1. The molecule has 1 N–H and O–H groups in total. The number of hydrogen-bond donors (Lipinski definition) is 1. The Morgan fingerprint density at radius 2 is 1.59 bits per heavy atom. The molecule has 2 aliphatic carbocycles. The van der Waals surface area contributed by atoms with Gasteiger partial charge in [-0.2, -0.15) is 0 Å². The van der Waals surface area contributed by atoms with E-state index in [0.29, 0.717) is 12.2 Å². The standard InChI is InChI=1S/C36H36O8/c1-3-33(37)43-23-25(35(40)44-32-11-7-5-9-30(32)34(38)39)22-42-29-18-14-27(15-19-29)36(26-12-16-28(41-2)17-13-26)21-20-24-8-4-6-10-31(24)36/h3-8,10,12-19,25,30,32H,1,9,11,20-23H2,2H3,(H,38,39). The summed E-state index contributed by atoms with van der Waals surface area (Å²) in [5, 5.41) is 9.55. The van der Waals surface area contributed by atoms with Crippen LogP contribution in [0.25, 0.3) is 0 Å². The molecule has 0 radical (unpaired) electrons. The fourth-order valence-corrected chi connectivity index (χ4v) is 6.14. The number of hydrogen-bond acceptors (Lipinski definition) is 7. The lowest BCUT2D eigenvalue weighted by atomic mass is 9.70. The number of esters is 2. The van der Waals surface area contributed by atoms with E-state index in [-0.39, 0.29) is 25.0 Å². The number of benzene rings is 3. The Morgan fingerprint density at radius 1 is 0.932 bits per heavy atom. The Morgan fingerprint density at radius 3 is 2.25 bits per heavy atom. The SMILES string of the molecule is C=CC(=O)OCC(COc1ccc(C2(c3ccc(OC)cc3)CCc3ccccc32)cc1)C(=O)OC1CC=CCC1C(=O)O. The van der Waals surface area contributed by atoms with Crippen LogP contribution in [0.3, 0.4) is 0 Å². The van der Waals surface area contributed by atoms with Crippen LogP contribution in [0.1, 0.15) is 41.5 Å². The monoisotopic (exact) mass is 596 g/mol. The molecule has 44 heavy (non-hydrogen) atoms. The van der Waals surface area contributed by atoms with Gasteiger partial charge in [0.15, 0.2) is 0 Å². The number of carboxylic acid groups (broad SMARTS) is 1. The predicted octanol–water partition coefficient (Wildman–Crippen LogP) is 5.66. The Hall–Kier alpha value is -4.85. The summed E-state index contributed by atoms with van der Waals surface area (Å²) in [6.07, 6.45) is 6.19. The molecule has 228 valence electrons. The van der Waals surface area contributed by atoms with E-state index in [1.165, 1.54) is 16.7 Å². The summed E-state index contributed by atoms with van der Waals surface area (Å²) in [5.74, 6) is -2.89. The van der Waals surface area contributed by atoms with E-state index in [4.69, 9.17) is 18.9 Å². The van der Waals surface area contributed by atoms with Gasteiger partial charge in [0.2, 0.25) is 0 Å². The third-order valence-electron chi connectivity index (χ3n) is 8.51. The molecule has 0 saturated heterocycles. The smallest absolute Gasteiger partial charge is 0.330 e. The average molecular weight is 597 g/mol. The third kappa shape index (κ3) is 6.39. The zero-order valence-electron chi connectivity index (χ0n) is 24.6. The quantitative estimate of drug-likeness (QED) is 0.162. The zero-order valence-corrected chi connectivity index (χ0v) is 24.6. The van der Waals surface area contributed by atoms with E-state index in [1.807, 2.05) is 36.4 Å². The topological polar surface area (TPSA) is 108 Å². The van der Waals surface area contributed by atoms with Gasteiger partial charge in [0.05, 0.1) is 13.0 Å². The number of carbonyl (C=O) groups is 3. The lowest BCUT2D eigenvalue weighted by molar-refractivity contribution is -0.165. The number of ether oxygens (including phenoxy) is 4. The highest BCUT2D eigenvalue weighted by atomic mass is 16.6. The predicted molar refractivity (Wildman–Crippen MR) is 164 cm³/mol. The molecule has 0 spiro atoms.